The van der Waals surface area contributed by atoms with Crippen molar-refractivity contribution in [1.29, 1.82) is 0 Å². The van der Waals surface area contributed by atoms with Crippen LogP contribution in [0.2, 0.25) is 0 Å². The lowest BCUT2D eigenvalue weighted by Gasteiger charge is -2.24. The number of carboxylic acid groups (broad SMARTS) is 2. The molecule has 0 aliphatic rings. The summed E-state index contributed by atoms with van der Waals surface area (Å²) in [5.74, 6) is -1.18. The number of fused-ring (bicyclic) bond motifs is 1. The van der Waals surface area contributed by atoms with Crippen molar-refractivity contribution < 1.29 is 53.2 Å². The number of hydrogen-bond donors (Lipinski definition) is 7. The number of unbranched alkanes of at least 4 members (excludes halogenated alkanes) is 4. The highest BCUT2D eigenvalue weighted by Crippen LogP contribution is 2.23. The van der Waals surface area contributed by atoms with Gasteiger partial charge in [0.1, 0.15) is 13.2 Å². The van der Waals surface area contributed by atoms with Crippen LogP contribution >= 0.6 is 0 Å². The van der Waals surface area contributed by atoms with Crippen molar-refractivity contribution in [3.63, 3.8) is 0 Å². The molecule has 0 radical (unpaired) electrons. The smallest absolute Gasteiger partial charge is 0.434 e. The number of nitrogens with one attached hydrogen (secondary N) is 5. The summed E-state index contributed by atoms with van der Waals surface area (Å²) in [5, 5.41) is 33.4. The second-order valence-corrected chi connectivity index (χ2v) is 15.5. The molecule has 4 aromatic carbocycles. The Kier molecular flexibility index (Phi) is 22.2. The molecule has 354 valence electrons. The summed E-state index contributed by atoms with van der Waals surface area (Å²) in [6.45, 7) is 4.66. The molecular formula is C48H61N7O11. The van der Waals surface area contributed by atoms with E-state index in [-0.39, 0.29) is 44.6 Å². The molecule has 18 heteroatoms. The summed E-state index contributed by atoms with van der Waals surface area (Å²) in [6, 6.07) is 31.6. The fourth-order valence-electron chi connectivity index (χ4n) is 6.63. The summed E-state index contributed by atoms with van der Waals surface area (Å²) in [6.07, 6.45) is -2.09. The second kappa shape index (κ2) is 28.6. The molecule has 0 saturated heterocycles. The van der Waals surface area contributed by atoms with Crippen LogP contribution in [0.15, 0.2) is 108 Å². The second-order valence-electron chi connectivity index (χ2n) is 15.5. The molecule has 6 amide bonds. The largest absolute Gasteiger partial charge is 0.465 e. The Morgan fingerprint density at radius 1 is 0.667 bits per heavy atom. The molecule has 4 aromatic rings. The van der Waals surface area contributed by atoms with Crippen molar-refractivity contribution in [3.8, 4) is 0 Å². The highest BCUT2D eigenvalue weighted by Gasteiger charge is 2.25. The lowest BCUT2D eigenvalue weighted by molar-refractivity contribution is -0.145. The normalized spacial score (nSPS) is 12.5. The van der Waals surface area contributed by atoms with Crippen LogP contribution in [-0.4, -0.2) is 95.7 Å². The molecule has 4 rings (SSSR count). The number of carbonyl (C=O) groups excluding carboxylic acids is 4. The summed E-state index contributed by atoms with van der Waals surface area (Å²) in [5.41, 5.74) is 2.41. The van der Waals surface area contributed by atoms with Crippen LogP contribution in [0.4, 0.5) is 19.2 Å². The van der Waals surface area contributed by atoms with E-state index < -0.39 is 48.7 Å². The Morgan fingerprint density at radius 2 is 1.29 bits per heavy atom. The number of ether oxygens (including phenoxy) is 3. The van der Waals surface area contributed by atoms with Gasteiger partial charge in [0.15, 0.2) is 0 Å². The minimum absolute atomic E-state index is 0.00341. The topological polar surface area (TPSA) is 246 Å². The van der Waals surface area contributed by atoms with Gasteiger partial charge in [0.2, 0.25) is 18.1 Å². The SMILES string of the molecule is CC(CCN(CCCCNC(=O)C(NC(=O)CCCCCCNC(=NC(=O)O)NC(=O)OCc1ccccc1)O[C@@H](C)c1ccc2ccccc2c1)C(=O)OCc1ccccc1)NC(=O)O. The van der Waals surface area contributed by atoms with Crippen LogP contribution in [0.3, 0.4) is 0 Å². The Balaban J connectivity index is 1.25. The first-order valence-corrected chi connectivity index (χ1v) is 22.1. The number of guanidine groups is 1. The number of nitrogens with zero attached hydrogens (tertiary/aromatic N) is 2. The zero-order chi connectivity index (χ0) is 47.5. The molecule has 18 nitrogen and oxygen atoms in total. The predicted molar refractivity (Wildman–Crippen MR) is 247 cm³/mol. The van der Waals surface area contributed by atoms with E-state index in [2.05, 4.69) is 31.6 Å². The number of carbonyl (C=O) groups is 6. The molecule has 0 aliphatic carbocycles. The van der Waals surface area contributed by atoms with Crippen molar-refractivity contribution in [2.24, 2.45) is 4.99 Å². The zero-order valence-corrected chi connectivity index (χ0v) is 37.4. The molecule has 0 heterocycles. The highest BCUT2D eigenvalue weighted by molar-refractivity contribution is 5.98. The van der Waals surface area contributed by atoms with Crippen molar-refractivity contribution in [1.82, 2.24) is 31.5 Å². The van der Waals surface area contributed by atoms with E-state index in [4.69, 9.17) is 24.4 Å². The van der Waals surface area contributed by atoms with Crippen molar-refractivity contribution >= 4 is 52.9 Å². The summed E-state index contributed by atoms with van der Waals surface area (Å²) >= 11 is 0. The standard InChI is InChI=1S/C48H61N7O11/c1-34(51-45(58)59)26-30-55(48(63)65-33-37-19-9-6-10-20-37)29-16-15-27-49-42(57)43(66-35(2)39-25-24-38-21-12-13-22-40(38)31-39)52-41(56)23-11-3-4-14-28-50-44(53-46(60)61)54-47(62)64-32-36-17-7-5-8-18-36/h5-10,12-13,17-22,24-25,31,34-35,43,51H,3-4,11,14-16,23,26-30,32-33H2,1-2H3,(H,49,57)(H,52,56)(H,58,59)(H,60,61)(H2,50,53,54,62)/t34?,35-,43?/m0/s1. The van der Waals surface area contributed by atoms with Gasteiger partial charge in [0.25, 0.3) is 5.91 Å². The van der Waals surface area contributed by atoms with Crippen LogP contribution in [-0.2, 0) is 37.0 Å². The van der Waals surface area contributed by atoms with Gasteiger partial charge >= 0.3 is 24.4 Å². The number of rotatable bonds is 25. The van der Waals surface area contributed by atoms with Crippen LogP contribution in [0.25, 0.3) is 10.8 Å². The average Bonchev–Trinajstić information content (AvgIpc) is 3.30. The number of benzene rings is 4. The molecule has 0 saturated carbocycles. The predicted octanol–water partition coefficient (Wildman–Crippen LogP) is 7.44. The minimum atomic E-state index is -1.49. The maximum atomic E-state index is 13.6. The number of aliphatic imine (C=N–C) groups is 1. The molecular weight excluding hydrogens is 851 g/mol. The van der Waals surface area contributed by atoms with Gasteiger partial charge in [-0.3, -0.25) is 14.9 Å². The molecule has 7 N–H and O–H groups in total. The van der Waals surface area contributed by atoms with Gasteiger partial charge in [-0.1, -0.05) is 110 Å². The summed E-state index contributed by atoms with van der Waals surface area (Å²) in [7, 11) is 0. The molecule has 0 bridgehead atoms. The lowest BCUT2D eigenvalue weighted by atomic mass is 10.0. The first-order valence-electron chi connectivity index (χ1n) is 22.1. The van der Waals surface area contributed by atoms with Crippen molar-refractivity contribution in [2.75, 3.05) is 26.2 Å². The third kappa shape index (κ3) is 20.1. The quantitative estimate of drug-likeness (QED) is 0.0148. The van der Waals surface area contributed by atoms with Crippen molar-refractivity contribution in [2.45, 2.75) is 96.8 Å². The zero-order valence-electron chi connectivity index (χ0n) is 37.4. The van der Waals surface area contributed by atoms with Crippen LogP contribution < -0.4 is 26.6 Å². The van der Waals surface area contributed by atoms with Crippen molar-refractivity contribution in [3.05, 3.63) is 120 Å². The minimum Gasteiger partial charge on any atom is -0.465 e. The highest BCUT2D eigenvalue weighted by atomic mass is 16.6. The maximum absolute atomic E-state index is 13.6. The molecule has 66 heavy (non-hydrogen) atoms. The van der Waals surface area contributed by atoms with Gasteiger partial charge in [0, 0.05) is 38.6 Å². The van der Waals surface area contributed by atoms with Gasteiger partial charge in [0.05, 0.1) is 6.10 Å². The summed E-state index contributed by atoms with van der Waals surface area (Å²) in [4.78, 5) is 79.4. The number of amides is 6. The first-order chi connectivity index (χ1) is 31.9. The van der Waals surface area contributed by atoms with E-state index in [1.807, 2.05) is 78.9 Å². The summed E-state index contributed by atoms with van der Waals surface area (Å²) < 4.78 is 16.9. The van der Waals surface area contributed by atoms with Gasteiger partial charge in [-0.2, -0.15) is 0 Å². The molecule has 3 atom stereocenters. The molecule has 0 fully saturated rings. The monoisotopic (exact) mass is 911 g/mol. The Hall–Kier alpha value is -7.21. The van der Waals surface area contributed by atoms with Gasteiger partial charge in [-0.05, 0) is 79.5 Å². The lowest BCUT2D eigenvalue weighted by Crippen LogP contribution is -2.49. The van der Waals surface area contributed by atoms with E-state index in [1.54, 1.807) is 38.1 Å². The third-order valence-electron chi connectivity index (χ3n) is 10.2. The van der Waals surface area contributed by atoms with Gasteiger partial charge in [-0.25, -0.2) is 19.2 Å². The average molecular weight is 912 g/mol. The van der Waals surface area contributed by atoms with Crippen LogP contribution in [0.1, 0.15) is 88.0 Å². The van der Waals surface area contributed by atoms with E-state index in [0.29, 0.717) is 58.0 Å². The number of alkyl carbamates (subject to hydrolysis) is 1. The third-order valence-corrected chi connectivity index (χ3v) is 10.2. The van der Waals surface area contributed by atoms with E-state index >= 15 is 0 Å². The Bertz CT molecular complexity index is 2190. The Labute approximate surface area is 384 Å². The Morgan fingerprint density at radius 3 is 1.97 bits per heavy atom. The molecule has 0 aliphatic heterocycles. The van der Waals surface area contributed by atoms with E-state index in [9.17, 15) is 28.8 Å². The number of hydrogen-bond acceptors (Lipinski definition) is 9. The van der Waals surface area contributed by atoms with Gasteiger partial charge in [-0.15, -0.1) is 4.99 Å². The van der Waals surface area contributed by atoms with Gasteiger partial charge < -0.3 is 50.6 Å². The van der Waals surface area contributed by atoms with Crippen LogP contribution in [0.5, 0.6) is 0 Å². The van der Waals surface area contributed by atoms with E-state index in [0.717, 1.165) is 27.5 Å². The fourth-order valence-corrected chi connectivity index (χ4v) is 6.63. The molecule has 2 unspecified atom stereocenters. The first kappa shape index (κ1) is 51.4. The fraction of sp³-hybridized carbons (Fsp3) is 0.396. The molecule has 0 spiro atoms. The van der Waals surface area contributed by atoms with E-state index in [1.165, 1.54) is 4.90 Å². The molecule has 0 aromatic heterocycles. The van der Waals surface area contributed by atoms with Crippen LogP contribution in [0, 0.1) is 0 Å². The maximum Gasteiger partial charge on any atom is 0.434 e.